The smallest absolute Gasteiger partial charge is 0.351 e. The summed E-state index contributed by atoms with van der Waals surface area (Å²) in [7, 11) is 1.32. The molecule has 0 bridgehead atoms. The van der Waals surface area contributed by atoms with Crippen molar-refractivity contribution in [2.24, 2.45) is 0 Å². The maximum Gasteiger partial charge on any atom is 0.351 e. The standard InChI is InChI=1S/C19H18N2O8/c1-11(18(22)20-13-8-7-12(21(24)25)9-16(13)26-2)28-19(23)17-10-27-14-5-3-4-6-15(14)29-17/h3-9,11,17H,10H2,1-2H3,(H,20,22)/t11-,17+/m0/s1. The molecule has 0 fully saturated rings. The fourth-order valence-corrected chi connectivity index (χ4v) is 2.57. The van der Waals surface area contributed by atoms with E-state index in [-0.39, 0.29) is 23.7 Å². The number of nitrogens with zero attached hydrogens (tertiary/aromatic N) is 1. The predicted molar refractivity (Wildman–Crippen MR) is 100 cm³/mol. The molecule has 0 aromatic heterocycles. The number of fused-ring (bicyclic) bond motifs is 1. The lowest BCUT2D eigenvalue weighted by Crippen LogP contribution is -2.41. The molecule has 10 heteroatoms. The number of nitro benzene ring substituents is 1. The first kappa shape index (κ1) is 19.9. The predicted octanol–water partition coefficient (Wildman–Crippen LogP) is 2.31. The number of hydrogen-bond donors (Lipinski definition) is 1. The van der Waals surface area contributed by atoms with Crippen LogP contribution in [0.1, 0.15) is 6.92 Å². The van der Waals surface area contributed by atoms with Crippen LogP contribution in [0.25, 0.3) is 0 Å². The molecule has 0 radical (unpaired) electrons. The Hall–Kier alpha value is -3.82. The van der Waals surface area contributed by atoms with Gasteiger partial charge in [0.1, 0.15) is 12.4 Å². The summed E-state index contributed by atoms with van der Waals surface area (Å²) in [4.78, 5) is 34.9. The molecule has 2 aromatic rings. The highest BCUT2D eigenvalue weighted by Gasteiger charge is 2.31. The first-order valence-corrected chi connectivity index (χ1v) is 8.61. The van der Waals surface area contributed by atoms with Crippen LogP contribution in [0.5, 0.6) is 17.2 Å². The molecule has 1 heterocycles. The van der Waals surface area contributed by atoms with Gasteiger partial charge in [0.15, 0.2) is 17.6 Å². The third kappa shape index (κ3) is 4.54. The molecule has 1 amide bonds. The van der Waals surface area contributed by atoms with Gasteiger partial charge in [0.05, 0.1) is 23.8 Å². The average Bonchev–Trinajstić information content (AvgIpc) is 2.73. The number of rotatable bonds is 6. The molecular formula is C19H18N2O8. The van der Waals surface area contributed by atoms with E-state index in [2.05, 4.69) is 5.32 Å². The second-order valence-corrected chi connectivity index (χ2v) is 6.07. The minimum atomic E-state index is -1.15. The minimum Gasteiger partial charge on any atom is -0.494 e. The molecule has 0 aliphatic carbocycles. The summed E-state index contributed by atoms with van der Waals surface area (Å²) in [6.45, 7) is 1.35. The second kappa shape index (κ2) is 8.46. The van der Waals surface area contributed by atoms with E-state index < -0.39 is 29.0 Å². The monoisotopic (exact) mass is 402 g/mol. The Bertz CT molecular complexity index is 946. The van der Waals surface area contributed by atoms with Crippen LogP contribution in [-0.4, -0.2) is 42.7 Å². The molecule has 152 valence electrons. The van der Waals surface area contributed by atoms with E-state index in [9.17, 15) is 19.7 Å². The molecule has 2 atom stereocenters. The Morgan fingerprint density at radius 1 is 1.24 bits per heavy atom. The van der Waals surface area contributed by atoms with E-state index in [0.29, 0.717) is 11.5 Å². The van der Waals surface area contributed by atoms with Crippen molar-refractivity contribution in [1.82, 2.24) is 0 Å². The molecule has 0 spiro atoms. The number of ether oxygens (including phenoxy) is 4. The zero-order valence-corrected chi connectivity index (χ0v) is 15.6. The summed E-state index contributed by atoms with van der Waals surface area (Å²) in [5.41, 5.74) is 0.0197. The van der Waals surface area contributed by atoms with Gasteiger partial charge < -0.3 is 24.3 Å². The summed E-state index contributed by atoms with van der Waals surface area (Å²) in [6, 6.07) is 10.6. The molecular weight excluding hydrogens is 384 g/mol. The minimum absolute atomic E-state index is 0.0413. The number of amides is 1. The third-order valence-electron chi connectivity index (χ3n) is 4.09. The van der Waals surface area contributed by atoms with Crippen molar-refractivity contribution >= 4 is 23.3 Å². The number of nitrogens with one attached hydrogen (secondary N) is 1. The van der Waals surface area contributed by atoms with Crippen molar-refractivity contribution in [2.75, 3.05) is 19.0 Å². The van der Waals surface area contributed by atoms with Crippen LogP contribution in [0, 0.1) is 10.1 Å². The fraction of sp³-hybridized carbons (Fsp3) is 0.263. The van der Waals surface area contributed by atoms with Crippen LogP contribution in [-0.2, 0) is 14.3 Å². The van der Waals surface area contributed by atoms with Crippen LogP contribution < -0.4 is 19.5 Å². The highest BCUT2D eigenvalue weighted by atomic mass is 16.6. The lowest BCUT2D eigenvalue weighted by Gasteiger charge is -2.26. The number of carbonyl (C=O) groups excluding carboxylic acids is 2. The molecule has 1 aliphatic rings. The Labute approximate surface area is 165 Å². The number of non-ortho nitro benzene ring substituents is 1. The number of carbonyl (C=O) groups is 2. The number of hydrogen-bond acceptors (Lipinski definition) is 8. The number of nitro groups is 1. The van der Waals surface area contributed by atoms with Crippen molar-refractivity contribution < 1.29 is 33.5 Å². The molecule has 2 aromatic carbocycles. The topological polar surface area (TPSA) is 126 Å². The summed E-state index contributed by atoms with van der Waals surface area (Å²) in [5, 5.41) is 13.4. The number of methoxy groups -OCH3 is 1. The molecule has 0 saturated carbocycles. The number of anilines is 1. The van der Waals surface area contributed by atoms with Gasteiger partial charge in [0, 0.05) is 6.07 Å². The average molecular weight is 402 g/mol. The van der Waals surface area contributed by atoms with E-state index in [0.717, 1.165) is 0 Å². The molecule has 29 heavy (non-hydrogen) atoms. The van der Waals surface area contributed by atoms with E-state index in [1.54, 1.807) is 24.3 Å². The van der Waals surface area contributed by atoms with Gasteiger partial charge >= 0.3 is 5.97 Å². The zero-order chi connectivity index (χ0) is 21.0. The first-order chi connectivity index (χ1) is 13.9. The number of benzene rings is 2. The third-order valence-corrected chi connectivity index (χ3v) is 4.09. The van der Waals surface area contributed by atoms with E-state index in [1.165, 1.54) is 32.2 Å². The van der Waals surface area contributed by atoms with E-state index in [4.69, 9.17) is 18.9 Å². The molecule has 10 nitrogen and oxygen atoms in total. The Morgan fingerprint density at radius 3 is 2.66 bits per heavy atom. The van der Waals surface area contributed by atoms with E-state index in [1.807, 2.05) is 0 Å². The first-order valence-electron chi connectivity index (χ1n) is 8.61. The van der Waals surface area contributed by atoms with Gasteiger partial charge in [0.25, 0.3) is 11.6 Å². The lowest BCUT2D eigenvalue weighted by molar-refractivity contribution is -0.384. The molecule has 0 unspecified atom stereocenters. The van der Waals surface area contributed by atoms with Crippen LogP contribution in [0.4, 0.5) is 11.4 Å². The van der Waals surface area contributed by atoms with Gasteiger partial charge in [-0.3, -0.25) is 14.9 Å². The molecule has 1 N–H and O–H groups in total. The maximum atomic E-state index is 12.4. The molecule has 0 saturated heterocycles. The SMILES string of the molecule is COc1cc([N+](=O)[O-])ccc1NC(=O)[C@H](C)OC(=O)[C@H]1COc2ccccc2O1. The van der Waals surface area contributed by atoms with Crippen molar-refractivity contribution in [2.45, 2.75) is 19.1 Å². The van der Waals surface area contributed by atoms with Crippen molar-refractivity contribution in [3.8, 4) is 17.2 Å². The number of para-hydroxylation sites is 2. The summed E-state index contributed by atoms with van der Waals surface area (Å²) in [6.07, 6.45) is -2.16. The number of esters is 1. The fourth-order valence-electron chi connectivity index (χ4n) is 2.57. The lowest BCUT2D eigenvalue weighted by atomic mass is 10.2. The van der Waals surface area contributed by atoms with Gasteiger partial charge in [-0.2, -0.15) is 0 Å². The normalized spacial score (nSPS) is 15.7. The molecule has 1 aliphatic heterocycles. The summed E-state index contributed by atoms with van der Waals surface area (Å²) < 4.78 is 21.2. The van der Waals surface area contributed by atoms with Gasteiger partial charge in [-0.05, 0) is 25.1 Å². The highest BCUT2D eigenvalue weighted by molar-refractivity contribution is 5.96. The van der Waals surface area contributed by atoms with Crippen molar-refractivity contribution in [3.05, 3.63) is 52.6 Å². The maximum absolute atomic E-state index is 12.4. The zero-order valence-electron chi connectivity index (χ0n) is 15.6. The van der Waals surface area contributed by atoms with Crippen LogP contribution in [0.15, 0.2) is 42.5 Å². The highest BCUT2D eigenvalue weighted by Crippen LogP contribution is 2.31. The summed E-state index contributed by atoms with van der Waals surface area (Å²) >= 11 is 0. The van der Waals surface area contributed by atoms with Crippen LogP contribution in [0.2, 0.25) is 0 Å². The second-order valence-electron chi connectivity index (χ2n) is 6.07. The Balaban J connectivity index is 1.61. The van der Waals surface area contributed by atoms with Gasteiger partial charge in [-0.25, -0.2) is 4.79 Å². The quantitative estimate of drug-likeness (QED) is 0.443. The largest absolute Gasteiger partial charge is 0.494 e. The summed E-state index contributed by atoms with van der Waals surface area (Å²) in [5.74, 6) is -0.354. The van der Waals surface area contributed by atoms with Crippen LogP contribution in [0.3, 0.4) is 0 Å². The van der Waals surface area contributed by atoms with Crippen molar-refractivity contribution in [3.63, 3.8) is 0 Å². The van der Waals surface area contributed by atoms with Gasteiger partial charge in [-0.1, -0.05) is 12.1 Å². The van der Waals surface area contributed by atoms with Gasteiger partial charge in [0.2, 0.25) is 6.10 Å². The Kier molecular flexibility index (Phi) is 5.82. The van der Waals surface area contributed by atoms with E-state index >= 15 is 0 Å². The van der Waals surface area contributed by atoms with Crippen LogP contribution >= 0.6 is 0 Å². The molecule has 3 rings (SSSR count). The van der Waals surface area contributed by atoms with Crippen molar-refractivity contribution in [1.29, 1.82) is 0 Å². The Morgan fingerprint density at radius 2 is 1.97 bits per heavy atom. The van der Waals surface area contributed by atoms with Gasteiger partial charge in [-0.15, -0.1) is 0 Å².